The number of benzene rings is 1. The van der Waals surface area contributed by atoms with E-state index in [4.69, 9.17) is 10.5 Å². The van der Waals surface area contributed by atoms with E-state index in [0.29, 0.717) is 6.54 Å². The topological polar surface area (TPSA) is 66.0 Å². The molecule has 2 unspecified atom stereocenters. The minimum Gasteiger partial charge on any atom is -0.488 e. The summed E-state index contributed by atoms with van der Waals surface area (Å²) in [7, 11) is 0. The van der Waals surface area contributed by atoms with Crippen molar-refractivity contribution in [1.29, 1.82) is 0 Å². The summed E-state index contributed by atoms with van der Waals surface area (Å²) in [5, 5.41) is 8.14. The highest BCUT2D eigenvalue weighted by atomic mass is 16.5. The SMILES string of the molecule is Cc1ccc2c(c1)CC(Cn1cc(C(C)N)nn1)O2. The molecule has 1 aromatic heterocycles. The number of aryl methyl sites for hydroxylation is 1. The van der Waals surface area contributed by atoms with E-state index < -0.39 is 0 Å². The standard InChI is InChI=1S/C14H18N4O/c1-9-3-4-14-11(5-9)6-12(19-14)7-18-8-13(10(2)15)16-17-18/h3-5,8,10,12H,6-7,15H2,1-2H3. The molecule has 1 aromatic carbocycles. The van der Waals surface area contributed by atoms with E-state index in [9.17, 15) is 0 Å². The summed E-state index contributed by atoms with van der Waals surface area (Å²) in [5.74, 6) is 0.989. The number of aromatic nitrogens is 3. The largest absolute Gasteiger partial charge is 0.488 e. The molecule has 2 aromatic rings. The van der Waals surface area contributed by atoms with Gasteiger partial charge in [-0.1, -0.05) is 22.9 Å². The Bertz CT molecular complexity index is 591. The van der Waals surface area contributed by atoms with Gasteiger partial charge in [0, 0.05) is 12.5 Å². The maximum absolute atomic E-state index is 5.92. The van der Waals surface area contributed by atoms with E-state index in [-0.39, 0.29) is 12.1 Å². The van der Waals surface area contributed by atoms with Gasteiger partial charge in [0.2, 0.25) is 0 Å². The second-order valence-electron chi connectivity index (χ2n) is 5.21. The first-order chi connectivity index (χ1) is 9.11. The normalized spacial score (nSPS) is 19.0. The molecule has 19 heavy (non-hydrogen) atoms. The molecule has 5 heteroatoms. The van der Waals surface area contributed by atoms with Crippen molar-refractivity contribution >= 4 is 0 Å². The summed E-state index contributed by atoms with van der Waals surface area (Å²) >= 11 is 0. The Hall–Kier alpha value is -1.88. The predicted molar refractivity (Wildman–Crippen MR) is 71.9 cm³/mol. The van der Waals surface area contributed by atoms with Gasteiger partial charge in [0.05, 0.1) is 18.4 Å². The zero-order chi connectivity index (χ0) is 13.4. The minimum absolute atomic E-state index is 0.0851. The Kier molecular flexibility index (Phi) is 2.98. The molecule has 0 saturated heterocycles. The monoisotopic (exact) mass is 258 g/mol. The summed E-state index contributed by atoms with van der Waals surface area (Å²) in [4.78, 5) is 0. The van der Waals surface area contributed by atoms with E-state index in [1.165, 1.54) is 11.1 Å². The lowest BCUT2D eigenvalue weighted by molar-refractivity contribution is 0.202. The number of hydrogen-bond donors (Lipinski definition) is 1. The van der Waals surface area contributed by atoms with Crippen LogP contribution in [0, 0.1) is 6.92 Å². The van der Waals surface area contributed by atoms with Gasteiger partial charge in [-0.3, -0.25) is 0 Å². The molecule has 0 spiro atoms. The summed E-state index contributed by atoms with van der Waals surface area (Å²) < 4.78 is 7.72. The first-order valence-electron chi connectivity index (χ1n) is 6.53. The van der Waals surface area contributed by atoms with Crippen molar-refractivity contribution in [1.82, 2.24) is 15.0 Å². The quantitative estimate of drug-likeness (QED) is 0.908. The summed E-state index contributed by atoms with van der Waals surface area (Å²) in [6.07, 6.45) is 2.94. The van der Waals surface area contributed by atoms with Crippen LogP contribution in [0.1, 0.15) is 29.8 Å². The molecule has 1 aliphatic heterocycles. The van der Waals surface area contributed by atoms with Gasteiger partial charge >= 0.3 is 0 Å². The predicted octanol–water partition coefficient (Wildman–Crippen LogP) is 1.61. The molecule has 100 valence electrons. The van der Waals surface area contributed by atoms with Crippen molar-refractivity contribution in [2.45, 2.75) is 39.0 Å². The molecule has 0 radical (unpaired) electrons. The molecular formula is C14H18N4O. The number of nitrogens with zero attached hydrogens (tertiary/aromatic N) is 3. The van der Waals surface area contributed by atoms with E-state index in [2.05, 4.69) is 29.4 Å². The highest BCUT2D eigenvalue weighted by Crippen LogP contribution is 2.29. The van der Waals surface area contributed by atoms with Crippen LogP contribution < -0.4 is 10.5 Å². The van der Waals surface area contributed by atoms with Gasteiger partial charge in [-0.05, 0) is 25.5 Å². The molecule has 3 rings (SSSR count). The van der Waals surface area contributed by atoms with Crippen LogP contribution in [0.5, 0.6) is 5.75 Å². The minimum atomic E-state index is -0.0851. The van der Waals surface area contributed by atoms with Crippen LogP contribution in [-0.4, -0.2) is 21.1 Å². The van der Waals surface area contributed by atoms with Crippen molar-refractivity contribution in [2.75, 3.05) is 0 Å². The number of rotatable bonds is 3. The van der Waals surface area contributed by atoms with Crippen molar-refractivity contribution in [3.63, 3.8) is 0 Å². The zero-order valence-corrected chi connectivity index (χ0v) is 11.2. The average molecular weight is 258 g/mol. The maximum Gasteiger partial charge on any atom is 0.123 e. The molecule has 0 aliphatic carbocycles. The highest BCUT2D eigenvalue weighted by Gasteiger charge is 2.23. The number of ether oxygens (including phenoxy) is 1. The third kappa shape index (κ3) is 2.46. The first-order valence-corrected chi connectivity index (χ1v) is 6.53. The van der Waals surface area contributed by atoms with E-state index in [0.717, 1.165) is 17.9 Å². The van der Waals surface area contributed by atoms with Crippen LogP contribution in [0.15, 0.2) is 24.4 Å². The molecule has 2 N–H and O–H groups in total. The molecule has 0 saturated carbocycles. The van der Waals surface area contributed by atoms with Crippen LogP contribution >= 0.6 is 0 Å². The fourth-order valence-corrected chi connectivity index (χ4v) is 2.37. The van der Waals surface area contributed by atoms with Gasteiger partial charge in [-0.2, -0.15) is 0 Å². The van der Waals surface area contributed by atoms with Crippen molar-refractivity contribution in [2.24, 2.45) is 5.73 Å². The van der Waals surface area contributed by atoms with Crippen LogP contribution in [0.3, 0.4) is 0 Å². The third-order valence-corrected chi connectivity index (χ3v) is 3.37. The lowest BCUT2D eigenvalue weighted by Crippen LogP contribution is -2.21. The molecule has 0 amide bonds. The van der Waals surface area contributed by atoms with Crippen LogP contribution in [-0.2, 0) is 13.0 Å². The summed E-state index contributed by atoms with van der Waals surface area (Å²) in [6.45, 7) is 4.70. The second kappa shape index (κ2) is 4.66. The van der Waals surface area contributed by atoms with Crippen LogP contribution in [0.2, 0.25) is 0 Å². The van der Waals surface area contributed by atoms with Gasteiger partial charge in [0.15, 0.2) is 0 Å². The average Bonchev–Trinajstić information content (AvgIpc) is 2.95. The van der Waals surface area contributed by atoms with Gasteiger partial charge in [0.1, 0.15) is 11.9 Å². The lowest BCUT2D eigenvalue weighted by atomic mass is 10.1. The van der Waals surface area contributed by atoms with Gasteiger partial charge in [0.25, 0.3) is 0 Å². The Morgan fingerprint density at radius 3 is 3.11 bits per heavy atom. The van der Waals surface area contributed by atoms with Gasteiger partial charge in [-0.15, -0.1) is 5.10 Å². The van der Waals surface area contributed by atoms with E-state index in [1.54, 1.807) is 0 Å². The van der Waals surface area contributed by atoms with Crippen LogP contribution in [0.4, 0.5) is 0 Å². The molecule has 2 heterocycles. The Labute approximate surface area is 112 Å². The fourth-order valence-electron chi connectivity index (χ4n) is 2.37. The van der Waals surface area contributed by atoms with Gasteiger partial charge in [-0.25, -0.2) is 4.68 Å². The van der Waals surface area contributed by atoms with E-state index in [1.807, 2.05) is 23.9 Å². The fraction of sp³-hybridized carbons (Fsp3) is 0.429. The number of hydrogen-bond acceptors (Lipinski definition) is 4. The summed E-state index contributed by atoms with van der Waals surface area (Å²) in [6, 6.07) is 6.21. The molecule has 1 aliphatic rings. The highest BCUT2D eigenvalue weighted by molar-refractivity contribution is 5.40. The zero-order valence-electron chi connectivity index (χ0n) is 11.2. The molecule has 0 fully saturated rings. The molecule has 2 atom stereocenters. The van der Waals surface area contributed by atoms with Crippen molar-refractivity contribution in [3.05, 3.63) is 41.2 Å². The summed E-state index contributed by atoms with van der Waals surface area (Å²) in [5.41, 5.74) is 9.13. The second-order valence-corrected chi connectivity index (χ2v) is 5.21. The third-order valence-electron chi connectivity index (χ3n) is 3.37. The Morgan fingerprint density at radius 1 is 1.53 bits per heavy atom. The number of nitrogens with two attached hydrogens (primary N) is 1. The van der Waals surface area contributed by atoms with E-state index >= 15 is 0 Å². The number of fused-ring (bicyclic) bond motifs is 1. The Morgan fingerprint density at radius 2 is 2.37 bits per heavy atom. The molecular weight excluding hydrogens is 240 g/mol. The maximum atomic E-state index is 5.92. The van der Waals surface area contributed by atoms with Gasteiger partial charge < -0.3 is 10.5 Å². The molecule has 5 nitrogen and oxygen atoms in total. The van der Waals surface area contributed by atoms with Crippen molar-refractivity contribution < 1.29 is 4.74 Å². The molecule has 0 bridgehead atoms. The first kappa shape index (κ1) is 12.2. The van der Waals surface area contributed by atoms with Crippen LogP contribution in [0.25, 0.3) is 0 Å². The Balaban J connectivity index is 1.69. The smallest absolute Gasteiger partial charge is 0.123 e. The van der Waals surface area contributed by atoms with Crippen molar-refractivity contribution in [3.8, 4) is 5.75 Å². The lowest BCUT2D eigenvalue weighted by Gasteiger charge is -2.09.